The van der Waals surface area contributed by atoms with Gasteiger partial charge in [-0.05, 0) is 18.2 Å². The van der Waals surface area contributed by atoms with Gasteiger partial charge in [0.05, 0.1) is 18.9 Å². The first-order valence-corrected chi connectivity index (χ1v) is 7.61. The number of benzene rings is 1. The number of aliphatic hydroxyl groups is 1. The summed E-state index contributed by atoms with van der Waals surface area (Å²) in [6, 6.07) is 6.73. The first-order chi connectivity index (χ1) is 9.62. The second-order valence-electron chi connectivity index (χ2n) is 4.16. The Morgan fingerprint density at radius 3 is 2.80 bits per heavy atom. The molecule has 1 heterocycles. The smallest absolute Gasteiger partial charge is 0.301 e. The van der Waals surface area contributed by atoms with Crippen LogP contribution in [0.3, 0.4) is 0 Å². The Morgan fingerprint density at radius 2 is 2.10 bits per heavy atom. The van der Waals surface area contributed by atoms with Gasteiger partial charge in [0.25, 0.3) is 0 Å². The minimum Gasteiger partial charge on any atom is -0.384 e. The van der Waals surface area contributed by atoms with Gasteiger partial charge in [-0.3, -0.25) is 4.72 Å². The van der Waals surface area contributed by atoms with E-state index in [-0.39, 0.29) is 6.61 Å². The zero-order valence-corrected chi connectivity index (χ0v) is 11.7. The van der Waals surface area contributed by atoms with Crippen LogP contribution in [0.25, 0.3) is 0 Å². The lowest BCUT2D eigenvalue weighted by Crippen LogP contribution is -2.43. The number of aliphatic hydroxyl groups excluding tert-OH is 1. The van der Waals surface area contributed by atoms with Gasteiger partial charge < -0.3 is 9.84 Å². The van der Waals surface area contributed by atoms with E-state index < -0.39 is 10.2 Å². The summed E-state index contributed by atoms with van der Waals surface area (Å²) in [5.41, 5.74) is 1.09. The summed E-state index contributed by atoms with van der Waals surface area (Å²) in [5.74, 6) is 5.25. The summed E-state index contributed by atoms with van der Waals surface area (Å²) in [4.78, 5) is 0. The molecule has 2 rings (SSSR count). The minimum absolute atomic E-state index is 0.232. The van der Waals surface area contributed by atoms with Gasteiger partial charge in [-0.15, -0.1) is 0 Å². The van der Waals surface area contributed by atoms with Crippen molar-refractivity contribution >= 4 is 15.9 Å². The molecule has 0 aromatic heterocycles. The van der Waals surface area contributed by atoms with Crippen molar-refractivity contribution < 1.29 is 18.3 Å². The predicted molar refractivity (Wildman–Crippen MR) is 75.3 cm³/mol. The molecule has 6 nitrogen and oxygen atoms in total. The lowest BCUT2D eigenvalue weighted by Gasteiger charge is -2.26. The Labute approximate surface area is 118 Å². The van der Waals surface area contributed by atoms with Crippen LogP contribution in [0, 0.1) is 11.8 Å². The van der Waals surface area contributed by atoms with Gasteiger partial charge in [0, 0.05) is 18.7 Å². The first kappa shape index (κ1) is 14.8. The third-order valence-corrected chi connectivity index (χ3v) is 4.27. The molecule has 1 saturated heterocycles. The quantitative estimate of drug-likeness (QED) is 0.771. The molecule has 7 heteroatoms. The molecule has 0 spiro atoms. The summed E-state index contributed by atoms with van der Waals surface area (Å²) >= 11 is 0. The standard InChI is InChI=1S/C13H16N2O4S/c16-8-2-4-12-3-1-5-13(11-12)14-20(17,18)15-6-9-19-10-7-15/h1,3,5,11,14,16H,6-10H2. The molecule has 20 heavy (non-hydrogen) atoms. The molecule has 108 valence electrons. The minimum atomic E-state index is -3.57. The fourth-order valence-electron chi connectivity index (χ4n) is 1.80. The Bertz CT molecular complexity index is 613. The number of hydrogen-bond acceptors (Lipinski definition) is 4. The van der Waals surface area contributed by atoms with Crippen LogP contribution < -0.4 is 4.72 Å². The molecule has 0 aliphatic carbocycles. The van der Waals surface area contributed by atoms with E-state index in [9.17, 15) is 8.42 Å². The van der Waals surface area contributed by atoms with Crippen molar-refractivity contribution in [3.8, 4) is 11.8 Å². The number of anilines is 1. The highest BCUT2D eigenvalue weighted by molar-refractivity contribution is 7.90. The van der Waals surface area contributed by atoms with Crippen molar-refractivity contribution in [2.24, 2.45) is 0 Å². The highest BCUT2D eigenvalue weighted by Gasteiger charge is 2.23. The molecule has 1 fully saturated rings. The van der Waals surface area contributed by atoms with Crippen molar-refractivity contribution in [2.75, 3.05) is 37.6 Å². The maximum atomic E-state index is 12.2. The Morgan fingerprint density at radius 1 is 1.35 bits per heavy atom. The van der Waals surface area contributed by atoms with Gasteiger partial charge >= 0.3 is 10.2 Å². The van der Waals surface area contributed by atoms with Crippen LogP contribution >= 0.6 is 0 Å². The van der Waals surface area contributed by atoms with E-state index >= 15 is 0 Å². The molecule has 1 aliphatic heterocycles. The molecule has 0 unspecified atom stereocenters. The van der Waals surface area contributed by atoms with E-state index in [4.69, 9.17) is 9.84 Å². The molecule has 0 atom stereocenters. The van der Waals surface area contributed by atoms with Crippen LogP contribution in [-0.4, -0.2) is 50.7 Å². The Hall–Kier alpha value is -1.59. The maximum absolute atomic E-state index is 12.2. The van der Waals surface area contributed by atoms with Crippen molar-refractivity contribution in [3.05, 3.63) is 29.8 Å². The van der Waals surface area contributed by atoms with Crippen molar-refractivity contribution in [2.45, 2.75) is 0 Å². The van der Waals surface area contributed by atoms with E-state index in [1.807, 2.05) is 0 Å². The Kier molecular flexibility index (Phi) is 4.98. The number of nitrogens with zero attached hydrogens (tertiary/aromatic N) is 1. The van der Waals surface area contributed by atoms with E-state index in [1.165, 1.54) is 4.31 Å². The number of nitrogens with one attached hydrogen (secondary N) is 1. The van der Waals surface area contributed by atoms with Crippen molar-refractivity contribution in [3.63, 3.8) is 0 Å². The van der Waals surface area contributed by atoms with Gasteiger partial charge in [-0.25, -0.2) is 0 Å². The molecule has 1 aromatic carbocycles. The molecule has 0 amide bonds. The first-order valence-electron chi connectivity index (χ1n) is 6.17. The summed E-state index contributed by atoms with van der Waals surface area (Å²) in [6.07, 6.45) is 0. The zero-order valence-electron chi connectivity index (χ0n) is 10.9. The van der Waals surface area contributed by atoms with E-state index in [0.29, 0.717) is 37.6 Å². The SMILES string of the molecule is O=S(=O)(Nc1cccc(C#CCO)c1)N1CCOCC1. The van der Waals surface area contributed by atoms with Gasteiger partial charge in [0.15, 0.2) is 0 Å². The fraction of sp³-hybridized carbons (Fsp3) is 0.385. The lowest BCUT2D eigenvalue weighted by molar-refractivity contribution is 0.0733. The average molecular weight is 296 g/mol. The molecular weight excluding hydrogens is 280 g/mol. The number of morpholine rings is 1. The third kappa shape index (κ3) is 3.95. The summed E-state index contributed by atoms with van der Waals surface area (Å²) in [7, 11) is -3.57. The van der Waals surface area contributed by atoms with E-state index in [1.54, 1.807) is 24.3 Å². The number of rotatable bonds is 3. The monoisotopic (exact) mass is 296 g/mol. The van der Waals surface area contributed by atoms with Crippen LogP contribution in [0.2, 0.25) is 0 Å². The van der Waals surface area contributed by atoms with E-state index in [2.05, 4.69) is 16.6 Å². The van der Waals surface area contributed by atoms with Gasteiger partial charge in [0.2, 0.25) is 0 Å². The van der Waals surface area contributed by atoms with Crippen LogP contribution in [0.15, 0.2) is 24.3 Å². The highest BCUT2D eigenvalue weighted by atomic mass is 32.2. The van der Waals surface area contributed by atoms with Crippen LogP contribution in [-0.2, 0) is 14.9 Å². The second kappa shape index (κ2) is 6.72. The van der Waals surface area contributed by atoms with Crippen LogP contribution in [0.4, 0.5) is 5.69 Å². The third-order valence-electron chi connectivity index (χ3n) is 2.73. The normalized spacial score (nSPS) is 16.2. The number of ether oxygens (including phenoxy) is 1. The average Bonchev–Trinajstić information content (AvgIpc) is 2.46. The highest BCUT2D eigenvalue weighted by Crippen LogP contribution is 2.14. The lowest BCUT2D eigenvalue weighted by atomic mass is 10.2. The zero-order chi connectivity index (χ0) is 14.4. The second-order valence-corrected chi connectivity index (χ2v) is 5.83. The fourth-order valence-corrected chi connectivity index (χ4v) is 2.99. The molecule has 1 aliphatic rings. The topological polar surface area (TPSA) is 78.9 Å². The molecule has 2 N–H and O–H groups in total. The van der Waals surface area contributed by atoms with Crippen LogP contribution in [0.5, 0.6) is 0 Å². The van der Waals surface area contributed by atoms with Crippen LogP contribution in [0.1, 0.15) is 5.56 Å². The van der Waals surface area contributed by atoms with Crippen molar-refractivity contribution in [1.82, 2.24) is 4.31 Å². The Balaban J connectivity index is 2.12. The summed E-state index contributed by atoms with van der Waals surface area (Å²) in [5, 5.41) is 8.65. The molecule has 0 radical (unpaired) electrons. The maximum Gasteiger partial charge on any atom is 0.301 e. The van der Waals surface area contributed by atoms with E-state index in [0.717, 1.165) is 0 Å². The van der Waals surface area contributed by atoms with Gasteiger partial charge in [-0.1, -0.05) is 17.9 Å². The largest absolute Gasteiger partial charge is 0.384 e. The molecular formula is C13H16N2O4S. The van der Waals surface area contributed by atoms with Gasteiger partial charge in [0.1, 0.15) is 6.61 Å². The summed E-state index contributed by atoms with van der Waals surface area (Å²) in [6.45, 7) is 1.27. The molecule has 1 aromatic rings. The molecule has 0 saturated carbocycles. The van der Waals surface area contributed by atoms with Crippen molar-refractivity contribution in [1.29, 1.82) is 0 Å². The predicted octanol–water partition coefficient (Wildman–Crippen LogP) is 0.0193. The molecule has 0 bridgehead atoms. The van der Waals surface area contributed by atoms with Gasteiger partial charge in [-0.2, -0.15) is 12.7 Å². The summed E-state index contributed by atoms with van der Waals surface area (Å²) < 4.78 is 33.3. The number of hydrogen-bond donors (Lipinski definition) is 2.